The average Bonchev–Trinajstić information content (AvgIpc) is 2.44. The summed E-state index contributed by atoms with van der Waals surface area (Å²) in [5.74, 6) is 0. The van der Waals surface area contributed by atoms with Crippen LogP contribution in [0.1, 0.15) is 36.1 Å². The van der Waals surface area contributed by atoms with Crippen LogP contribution in [0.25, 0.3) is 0 Å². The number of piperazine rings is 1. The van der Waals surface area contributed by atoms with Crippen LogP contribution in [0, 0.1) is 13.8 Å². The fourth-order valence-electron chi connectivity index (χ4n) is 2.89. The molecule has 1 aromatic rings. The second kappa shape index (κ2) is 7.21. The fraction of sp³-hybridized carbons (Fsp3) is 0.647. The van der Waals surface area contributed by atoms with Crippen LogP contribution in [0.3, 0.4) is 0 Å². The van der Waals surface area contributed by atoms with Gasteiger partial charge in [0.25, 0.3) is 0 Å². The highest BCUT2D eigenvalue weighted by Gasteiger charge is 2.18. The van der Waals surface area contributed by atoms with Crippen LogP contribution in [0.15, 0.2) is 18.2 Å². The number of hydrogen-bond donors (Lipinski definition) is 1. The average molecular weight is 275 g/mol. The molecule has 1 heterocycles. The Morgan fingerprint density at radius 2 is 1.70 bits per heavy atom. The molecule has 0 radical (unpaired) electrons. The van der Waals surface area contributed by atoms with Gasteiger partial charge in [-0.1, -0.05) is 25.1 Å². The monoisotopic (exact) mass is 275 g/mol. The Bertz CT molecular complexity index is 422. The summed E-state index contributed by atoms with van der Waals surface area (Å²) in [5.41, 5.74) is 10.3. The number of nitrogens with two attached hydrogens (primary N) is 1. The number of benzene rings is 1. The Morgan fingerprint density at radius 3 is 2.30 bits per heavy atom. The summed E-state index contributed by atoms with van der Waals surface area (Å²) in [6.45, 7) is 13.5. The Morgan fingerprint density at radius 1 is 1.05 bits per heavy atom. The van der Waals surface area contributed by atoms with Crippen molar-refractivity contribution in [1.82, 2.24) is 9.80 Å². The lowest BCUT2D eigenvalue weighted by atomic mass is 10.0. The van der Waals surface area contributed by atoms with E-state index >= 15 is 0 Å². The largest absolute Gasteiger partial charge is 0.323 e. The van der Waals surface area contributed by atoms with Crippen molar-refractivity contribution in [2.45, 2.75) is 33.2 Å². The van der Waals surface area contributed by atoms with Crippen LogP contribution in [0.2, 0.25) is 0 Å². The van der Waals surface area contributed by atoms with Crippen LogP contribution in [0.4, 0.5) is 0 Å². The van der Waals surface area contributed by atoms with Crippen molar-refractivity contribution >= 4 is 0 Å². The number of aryl methyl sites for hydroxylation is 2. The van der Waals surface area contributed by atoms with Gasteiger partial charge in [0.05, 0.1) is 0 Å². The zero-order chi connectivity index (χ0) is 14.5. The van der Waals surface area contributed by atoms with E-state index in [9.17, 15) is 0 Å². The van der Waals surface area contributed by atoms with Crippen molar-refractivity contribution in [3.05, 3.63) is 34.9 Å². The van der Waals surface area contributed by atoms with Crippen molar-refractivity contribution in [3.8, 4) is 0 Å². The number of nitrogens with zero attached hydrogens (tertiary/aromatic N) is 2. The Kier molecular flexibility index (Phi) is 5.58. The first-order valence-electron chi connectivity index (χ1n) is 7.87. The zero-order valence-electron chi connectivity index (χ0n) is 13.2. The molecule has 1 unspecified atom stereocenters. The van der Waals surface area contributed by atoms with Gasteiger partial charge >= 0.3 is 0 Å². The van der Waals surface area contributed by atoms with E-state index in [1.807, 2.05) is 0 Å². The second-order valence-electron chi connectivity index (χ2n) is 6.09. The quantitative estimate of drug-likeness (QED) is 0.895. The molecule has 0 aromatic heterocycles. The third kappa shape index (κ3) is 4.05. The van der Waals surface area contributed by atoms with Gasteiger partial charge in [-0.15, -0.1) is 0 Å². The molecule has 112 valence electrons. The predicted octanol–water partition coefficient (Wildman–Crippen LogP) is 2.33. The highest BCUT2D eigenvalue weighted by Crippen LogP contribution is 2.17. The molecule has 20 heavy (non-hydrogen) atoms. The van der Waals surface area contributed by atoms with E-state index in [1.54, 1.807) is 0 Å². The molecule has 3 heteroatoms. The molecule has 1 saturated heterocycles. The van der Waals surface area contributed by atoms with Crippen molar-refractivity contribution in [1.29, 1.82) is 0 Å². The maximum Gasteiger partial charge on any atom is 0.0424 e. The maximum atomic E-state index is 6.38. The first-order chi connectivity index (χ1) is 9.60. The van der Waals surface area contributed by atoms with Gasteiger partial charge < -0.3 is 10.6 Å². The minimum Gasteiger partial charge on any atom is -0.323 e. The summed E-state index contributed by atoms with van der Waals surface area (Å²) in [5, 5.41) is 0. The molecule has 1 atom stereocenters. The van der Waals surface area contributed by atoms with Gasteiger partial charge in [0.2, 0.25) is 0 Å². The lowest BCUT2D eigenvalue weighted by Gasteiger charge is -2.35. The van der Waals surface area contributed by atoms with E-state index < -0.39 is 0 Å². The smallest absolute Gasteiger partial charge is 0.0424 e. The molecule has 0 aliphatic carbocycles. The Labute approximate surface area is 123 Å². The molecule has 1 aromatic carbocycles. The van der Waals surface area contributed by atoms with Crippen LogP contribution >= 0.6 is 0 Å². The molecule has 0 spiro atoms. The molecule has 0 bridgehead atoms. The normalized spacial score (nSPS) is 19.2. The van der Waals surface area contributed by atoms with Gasteiger partial charge in [-0.2, -0.15) is 0 Å². The molecule has 2 N–H and O–H groups in total. The van der Waals surface area contributed by atoms with Gasteiger partial charge in [0, 0.05) is 38.8 Å². The number of rotatable bonds is 5. The van der Waals surface area contributed by atoms with Crippen LogP contribution in [-0.2, 0) is 0 Å². The van der Waals surface area contributed by atoms with Crippen LogP contribution in [-0.4, -0.2) is 49.1 Å². The maximum absolute atomic E-state index is 6.38. The first-order valence-corrected chi connectivity index (χ1v) is 7.87. The van der Waals surface area contributed by atoms with E-state index in [2.05, 4.69) is 48.8 Å². The van der Waals surface area contributed by atoms with Gasteiger partial charge in [0.1, 0.15) is 0 Å². The Hall–Kier alpha value is -0.900. The van der Waals surface area contributed by atoms with Gasteiger partial charge in [-0.25, -0.2) is 0 Å². The van der Waals surface area contributed by atoms with Gasteiger partial charge in [-0.3, -0.25) is 4.90 Å². The summed E-state index contributed by atoms with van der Waals surface area (Å²) in [7, 11) is 0. The third-order valence-electron chi connectivity index (χ3n) is 4.42. The van der Waals surface area contributed by atoms with Crippen molar-refractivity contribution in [2.24, 2.45) is 5.73 Å². The molecule has 1 aliphatic heterocycles. The van der Waals surface area contributed by atoms with Gasteiger partial charge in [0.15, 0.2) is 0 Å². The molecule has 0 amide bonds. The molecule has 1 aliphatic rings. The molecule has 2 rings (SSSR count). The van der Waals surface area contributed by atoms with E-state index in [4.69, 9.17) is 5.73 Å². The topological polar surface area (TPSA) is 32.5 Å². The van der Waals surface area contributed by atoms with E-state index in [-0.39, 0.29) is 6.04 Å². The molecular formula is C17H29N3. The van der Waals surface area contributed by atoms with E-state index in [0.29, 0.717) is 0 Å². The first kappa shape index (κ1) is 15.5. The second-order valence-corrected chi connectivity index (χ2v) is 6.09. The summed E-state index contributed by atoms with van der Waals surface area (Å²) in [6.07, 6.45) is 1.25. The molecular weight excluding hydrogens is 246 g/mol. The minimum atomic E-state index is 0.132. The summed E-state index contributed by atoms with van der Waals surface area (Å²) < 4.78 is 0. The summed E-state index contributed by atoms with van der Waals surface area (Å²) >= 11 is 0. The predicted molar refractivity (Wildman–Crippen MR) is 86.0 cm³/mol. The van der Waals surface area contributed by atoms with E-state index in [0.717, 1.165) is 19.6 Å². The lowest BCUT2D eigenvalue weighted by Crippen LogP contribution is -2.48. The zero-order valence-corrected chi connectivity index (χ0v) is 13.2. The lowest BCUT2D eigenvalue weighted by molar-refractivity contribution is 0.127. The molecule has 3 nitrogen and oxygen atoms in total. The molecule has 0 saturated carbocycles. The minimum absolute atomic E-state index is 0.132. The summed E-state index contributed by atoms with van der Waals surface area (Å²) in [6, 6.07) is 6.74. The van der Waals surface area contributed by atoms with Gasteiger partial charge in [-0.05, 0) is 43.5 Å². The van der Waals surface area contributed by atoms with Crippen molar-refractivity contribution in [3.63, 3.8) is 0 Å². The van der Waals surface area contributed by atoms with Crippen LogP contribution in [0.5, 0.6) is 0 Å². The number of hydrogen-bond acceptors (Lipinski definition) is 3. The highest BCUT2D eigenvalue weighted by molar-refractivity contribution is 5.31. The Balaban J connectivity index is 1.85. The highest BCUT2D eigenvalue weighted by atomic mass is 15.3. The summed E-state index contributed by atoms with van der Waals surface area (Å²) in [4.78, 5) is 5.06. The van der Waals surface area contributed by atoms with Crippen molar-refractivity contribution in [2.75, 3.05) is 39.3 Å². The van der Waals surface area contributed by atoms with E-state index in [1.165, 1.54) is 42.7 Å². The SMILES string of the molecule is CCCN1CCN(CC(N)c2ccc(C)c(C)c2)CC1. The third-order valence-corrected chi connectivity index (χ3v) is 4.42. The van der Waals surface area contributed by atoms with Crippen molar-refractivity contribution < 1.29 is 0 Å². The standard InChI is InChI=1S/C17H29N3/c1-4-7-19-8-10-20(11-9-19)13-17(18)16-6-5-14(2)15(3)12-16/h5-6,12,17H,4,7-11,13,18H2,1-3H3. The molecule has 1 fully saturated rings. The fourth-order valence-corrected chi connectivity index (χ4v) is 2.89. The van der Waals surface area contributed by atoms with Crippen LogP contribution < -0.4 is 5.73 Å².